The van der Waals surface area contributed by atoms with Crippen molar-refractivity contribution < 1.29 is 14.0 Å². The summed E-state index contributed by atoms with van der Waals surface area (Å²) in [6.45, 7) is 7.50. The van der Waals surface area contributed by atoms with Crippen LogP contribution in [0.2, 0.25) is 0 Å². The minimum absolute atomic E-state index is 0.134. The van der Waals surface area contributed by atoms with Crippen LogP contribution in [0.4, 0.5) is 10.1 Å². The maximum atomic E-state index is 15.1. The number of pyridine rings is 1. The number of nitrogens with one attached hydrogen (secondary N) is 2. The number of carbonyl (C=O) groups is 2. The molecule has 3 atom stereocenters. The van der Waals surface area contributed by atoms with Crippen LogP contribution in [0.1, 0.15) is 55.7 Å². The molecule has 7 nitrogen and oxygen atoms in total. The number of terminal acetylenes is 1. The minimum atomic E-state index is -1.07. The fraction of sp³-hybridized carbons (Fsp3) is 0.360. The molecule has 2 amide bonds. The van der Waals surface area contributed by atoms with Gasteiger partial charge in [0.15, 0.2) is 5.17 Å². The molecule has 0 bridgehead atoms. The number of amides is 2. The lowest BCUT2D eigenvalue weighted by molar-refractivity contribution is -0.123. The third-order valence-corrected chi connectivity index (χ3v) is 7.32. The molecule has 1 aromatic carbocycles. The molecular weight excluding hydrogens is 453 g/mol. The number of aliphatic imine (C=N–C) groups is 1. The van der Waals surface area contributed by atoms with E-state index in [2.05, 4.69) is 26.5 Å². The monoisotopic (exact) mass is 479 g/mol. The summed E-state index contributed by atoms with van der Waals surface area (Å²) in [7, 11) is 0. The van der Waals surface area contributed by atoms with E-state index in [9.17, 15) is 9.59 Å². The average Bonchev–Trinajstić information content (AvgIpc) is 3.51. The largest absolute Gasteiger partial charge is 0.378 e. The van der Waals surface area contributed by atoms with Crippen LogP contribution in [0.5, 0.6) is 0 Å². The van der Waals surface area contributed by atoms with Gasteiger partial charge in [-0.3, -0.25) is 14.6 Å². The SMILES string of the molecule is C#Cc1ccc(C(=O)Nc2ccc(F)c([C@@]3(C)N=C(N)S[C@@]4(C(=O)NC(C)(C)C)C[C@H]43)c2)nc1. The van der Waals surface area contributed by atoms with E-state index in [1.807, 2.05) is 20.8 Å². The maximum absolute atomic E-state index is 15.1. The van der Waals surface area contributed by atoms with Crippen molar-refractivity contribution in [3.8, 4) is 12.3 Å². The second kappa shape index (κ2) is 8.13. The molecule has 4 rings (SSSR count). The van der Waals surface area contributed by atoms with Crippen molar-refractivity contribution in [2.24, 2.45) is 16.6 Å². The summed E-state index contributed by atoms with van der Waals surface area (Å²) in [6, 6.07) is 7.42. The fourth-order valence-electron chi connectivity index (χ4n) is 4.32. The Bertz CT molecular complexity index is 1250. The molecule has 1 saturated carbocycles. The van der Waals surface area contributed by atoms with E-state index in [0.717, 1.165) is 0 Å². The number of halogens is 1. The van der Waals surface area contributed by atoms with Crippen molar-refractivity contribution in [1.82, 2.24) is 10.3 Å². The van der Waals surface area contributed by atoms with Crippen molar-refractivity contribution >= 4 is 34.4 Å². The number of hydrogen-bond acceptors (Lipinski definition) is 6. The number of amidine groups is 1. The average molecular weight is 480 g/mol. The van der Waals surface area contributed by atoms with Gasteiger partial charge in [0.05, 0.1) is 5.54 Å². The number of nitrogens with zero attached hydrogens (tertiary/aromatic N) is 2. The third kappa shape index (κ3) is 4.26. The van der Waals surface area contributed by atoms with Crippen molar-refractivity contribution in [3.63, 3.8) is 0 Å². The first-order valence-electron chi connectivity index (χ1n) is 10.8. The molecule has 1 aliphatic carbocycles. The Hall–Kier alpha value is -3.38. The first-order chi connectivity index (χ1) is 15.9. The van der Waals surface area contributed by atoms with Crippen molar-refractivity contribution in [3.05, 3.63) is 59.2 Å². The molecular formula is C25H26FN5O2S. The lowest BCUT2D eigenvalue weighted by Gasteiger charge is -2.35. The Morgan fingerprint density at radius 1 is 1.29 bits per heavy atom. The van der Waals surface area contributed by atoms with E-state index >= 15 is 4.39 Å². The summed E-state index contributed by atoms with van der Waals surface area (Å²) in [5.41, 5.74) is 6.03. The molecule has 2 heterocycles. The molecule has 176 valence electrons. The summed E-state index contributed by atoms with van der Waals surface area (Å²) in [5.74, 6) is 1.11. The quantitative estimate of drug-likeness (QED) is 0.583. The molecule has 9 heteroatoms. The molecule has 1 aromatic heterocycles. The zero-order valence-electron chi connectivity index (χ0n) is 19.4. The molecule has 0 saturated heterocycles. The summed E-state index contributed by atoms with van der Waals surface area (Å²) < 4.78 is 14.3. The zero-order chi connectivity index (χ0) is 24.9. The highest BCUT2D eigenvalue weighted by atomic mass is 32.2. The Kier molecular flexibility index (Phi) is 5.68. The number of rotatable bonds is 4. The minimum Gasteiger partial charge on any atom is -0.378 e. The standard InChI is InChI=1S/C25H26FN5O2S/c1-6-14-7-10-18(28-13-14)20(32)29-15-8-9-17(26)16(11-15)24(5)19-12-25(19,34-22(27)31-24)21(33)30-23(2,3)4/h1,7-11,13,19H,12H2,2-5H3,(H2,27,31)(H,29,32)(H,30,33)/t19-,24+,25-/m0/s1. The van der Waals surface area contributed by atoms with Gasteiger partial charge in [-0.25, -0.2) is 9.37 Å². The topological polar surface area (TPSA) is 109 Å². The van der Waals surface area contributed by atoms with Crippen LogP contribution in [-0.2, 0) is 10.3 Å². The molecule has 34 heavy (non-hydrogen) atoms. The Morgan fingerprint density at radius 3 is 2.65 bits per heavy atom. The van der Waals surface area contributed by atoms with Crippen molar-refractivity contribution in [1.29, 1.82) is 0 Å². The molecule has 0 unspecified atom stereocenters. The lowest BCUT2D eigenvalue weighted by Crippen LogP contribution is -2.50. The van der Waals surface area contributed by atoms with Gasteiger partial charge in [-0.15, -0.1) is 6.42 Å². The summed E-state index contributed by atoms with van der Waals surface area (Å²) >= 11 is 1.23. The Morgan fingerprint density at radius 2 is 2.03 bits per heavy atom. The molecule has 2 aliphatic rings. The van der Waals surface area contributed by atoms with Gasteiger partial charge < -0.3 is 16.4 Å². The summed E-state index contributed by atoms with van der Waals surface area (Å²) in [4.78, 5) is 34.4. The van der Waals surface area contributed by atoms with Crippen molar-refractivity contribution in [2.45, 2.75) is 49.9 Å². The van der Waals surface area contributed by atoms with E-state index < -0.39 is 27.5 Å². The highest BCUT2D eigenvalue weighted by Crippen LogP contribution is 2.66. The van der Waals surface area contributed by atoms with Gasteiger partial charge in [-0.1, -0.05) is 17.7 Å². The number of nitrogens with two attached hydrogens (primary N) is 1. The molecule has 2 aromatic rings. The second-order valence-electron chi connectivity index (χ2n) is 9.78. The van der Waals surface area contributed by atoms with E-state index in [-0.39, 0.29) is 28.3 Å². The summed E-state index contributed by atoms with van der Waals surface area (Å²) in [6.07, 6.45) is 7.27. The van der Waals surface area contributed by atoms with Gasteiger partial charge >= 0.3 is 0 Å². The number of hydrogen-bond donors (Lipinski definition) is 3. The molecule has 4 N–H and O–H groups in total. The van der Waals surface area contributed by atoms with Gasteiger partial charge in [0.1, 0.15) is 16.3 Å². The number of thioether (sulfide) groups is 1. The molecule has 1 aliphatic heterocycles. The first kappa shape index (κ1) is 23.8. The number of benzene rings is 1. The molecule has 0 spiro atoms. The predicted molar refractivity (Wildman–Crippen MR) is 132 cm³/mol. The van der Waals surface area contributed by atoms with E-state index in [0.29, 0.717) is 17.7 Å². The fourth-order valence-corrected chi connectivity index (χ4v) is 5.69. The highest BCUT2D eigenvalue weighted by molar-refractivity contribution is 8.15. The number of aromatic nitrogens is 1. The third-order valence-electron chi connectivity index (χ3n) is 6.02. The van der Waals surface area contributed by atoms with E-state index in [1.54, 1.807) is 19.1 Å². The van der Waals surface area contributed by atoms with Crippen LogP contribution in [0, 0.1) is 24.1 Å². The van der Waals surface area contributed by atoms with Crippen LogP contribution >= 0.6 is 11.8 Å². The summed E-state index contributed by atoms with van der Waals surface area (Å²) in [5, 5.41) is 5.99. The van der Waals surface area contributed by atoms with E-state index in [4.69, 9.17) is 12.2 Å². The van der Waals surface area contributed by atoms with Crippen LogP contribution in [0.3, 0.4) is 0 Å². The van der Waals surface area contributed by atoms with Crippen molar-refractivity contribution in [2.75, 3.05) is 5.32 Å². The lowest BCUT2D eigenvalue weighted by atomic mass is 9.85. The Labute approximate surface area is 202 Å². The molecule has 0 radical (unpaired) electrons. The highest BCUT2D eigenvalue weighted by Gasteiger charge is 2.70. The van der Waals surface area contributed by atoms with Gasteiger partial charge in [0.25, 0.3) is 5.91 Å². The van der Waals surface area contributed by atoms with Gasteiger partial charge in [0.2, 0.25) is 5.91 Å². The predicted octanol–water partition coefficient (Wildman–Crippen LogP) is 3.40. The maximum Gasteiger partial charge on any atom is 0.274 e. The zero-order valence-corrected chi connectivity index (χ0v) is 20.2. The van der Waals surface area contributed by atoms with Crippen LogP contribution in [-0.4, -0.2) is 32.3 Å². The van der Waals surface area contributed by atoms with Crippen LogP contribution in [0.15, 0.2) is 41.5 Å². The number of anilines is 1. The normalized spacial score (nSPS) is 25.4. The number of carbonyl (C=O) groups excluding carboxylic acids is 2. The van der Waals surface area contributed by atoms with Gasteiger partial charge in [-0.05, 0) is 64.4 Å². The smallest absolute Gasteiger partial charge is 0.274 e. The first-order valence-corrected chi connectivity index (χ1v) is 11.6. The Balaban J connectivity index is 1.63. The van der Waals surface area contributed by atoms with E-state index in [1.165, 1.54) is 36.2 Å². The van der Waals surface area contributed by atoms with Crippen LogP contribution in [0.25, 0.3) is 0 Å². The van der Waals surface area contributed by atoms with Gasteiger partial charge in [0, 0.05) is 34.5 Å². The second-order valence-corrected chi connectivity index (χ2v) is 11.1. The number of fused-ring (bicyclic) bond motifs is 1. The van der Waals surface area contributed by atoms with Crippen LogP contribution < -0.4 is 16.4 Å². The molecule has 1 fully saturated rings. The van der Waals surface area contributed by atoms with Gasteiger partial charge in [-0.2, -0.15) is 0 Å².